The maximum atomic E-state index is 11.7. The molecule has 104 valence electrons. The van der Waals surface area contributed by atoms with Gasteiger partial charge in [0.05, 0.1) is 0 Å². The summed E-state index contributed by atoms with van der Waals surface area (Å²) in [5, 5.41) is 3.04. The molecule has 1 amide bonds. The van der Waals surface area contributed by atoms with Crippen molar-refractivity contribution < 1.29 is 9.53 Å². The van der Waals surface area contributed by atoms with Crippen molar-refractivity contribution in [3.05, 3.63) is 35.9 Å². The Hall–Kier alpha value is -1.35. The van der Waals surface area contributed by atoms with Gasteiger partial charge in [0.2, 0.25) is 5.91 Å². The van der Waals surface area contributed by atoms with Crippen LogP contribution in [0.2, 0.25) is 0 Å². The summed E-state index contributed by atoms with van der Waals surface area (Å²) in [6.45, 7) is 2.50. The lowest BCUT2D eigenvalue weighted by molar-refractivity contribution is -0.121. The zero-order valence-corrected chi connectivity index (χ0v) is 11.4. The minimum absolute atomic E-state index is 0.183. The van der Waals surface area contributed by atoms with E-state index in [-0.39, 0.29) is 5.91 Å². The molecule has 1 aliphatic rings. The second-order valence-corrected chi connectivity index (χ2v) is 5.20. The smallest absolute Gasteiger partial charge is 0.220 e. The molecule has 1 aromatic carbocycles. The molecule has 1 saturated heterocycles. The predicted molar refractivity (Wildman–Crippen MR) is 75.9 cm³/mol. The Balaban J connectivity index is 1.57. The van der Waals surface area contributed by atoms with E-state index in [2.05, 4.69) is 17.4 Å². The average molecular weight is 261 g/mol. The van der Waals surface area contributed by atoms with Crippen LogP contribution in [-0.2, 0) is 16.0 Å². The molecule has 0 radical (unpaired) electrons. The summed E-state index contributed by atoms with van der Waals surface area (Å²) < 4.78 is 5.31. The Morgan fingerprint density at radius 3 is 2.68 bits per heavy atom. The maximum absolute atomic E-state index is 11.7. The van der Waals surface area contributed by atoms with Crippen molar-refractivity contribution in [1.29, 1.82) is 0 Å². The van der Waals surface area contributed by atoms with Gasteiger partial charge in [0.1, 0.15) is 0 Å². The number of nitrogens with one attached hydrogen (secondary N) is 1. The highest BCUT2D eigenvalue weighted by Gasteiger charge is 2.14. The molecular formula is C16H23NO2. The Labute approximate surface area is 115 Å². The van der Waals surface area contributed by atoms with Crippen molar-refractivity contribution in [3.63, 3.8) is 0 Å². The molecule has 0 aromatic heterocycles. The number of carbonyl (C=O) groups is 1. The number of hydrogen-bond acceptors (Lipinski definition) is 2. The van der Waals surface area contributed by atoms with E-state index in [0.717, 1.165) is 45.4 Å². The second kappa shape index (κ2) is 7.95. The first-order chi connectivity index (χ1) is 9.34. The van der Waals surface area contributed by atoms with Crippen LogP contribution in [0.5, 0.6) is 0 Å². The van der Waals surface area contributed by atoms with Crippen LogP contribution in [0.4, 0.5) is 0 Å². The zero-order chi connectivity index (χ0) is 13.3. The van der Waals surface area contributed by atoms with Crippen molar-refractivity contribution >= 4 is 5.91 Å². The normalized spacial score (nSPS) is 16.2. The van der Waals surface area contributed by atoms with Gasteiger partial charge in [-0.2, -0.15) is 0 Å². The van der Waals surface area contributed by atoms with Crippen LogP contribution >= 0.6 is 0 Å². The average Bonchev–Trinajstić information content (AvgIpc) is 2.47. The highest BCUT2D eigenvalue weighted by Crippen LogP contribution is 2.13. The van der Waals surface area contributed by atoms with Gasteiger partial charge >= 0.3 is 0 Å². The minimum atomic E-state index is 0.183. The van der Waals surface area contributed by atoms with E-state index in [4.69, 9.17) is 4.74 Å². The van der Waals surface area contributed by atoms with Gasteiger partial charge in [-0.1, -0.05) is 30.3 Å². The highest BCUT2D eigenvalue weighted by atomic mass is 16.5. The summed E-state index contributed by atoms with van der Waals surface area (Å²) in [6, 6.07) is 10.3. The number of amides is 1. The molecule has 1 heterocycles. The Bertz CT molecular complexity index is 372. The van der Waals surface area contributed by atoms with E-state index in [1.807, 2.05) is 18.2 Å². The molecule has 0 atom stereocenters. The van der Waals surface area contributed by atoms with E-state index in [1.54, 1.807) is 0 Å². The summed E-state index contributed by atoms with van der Waals surface area (Å²) in [6.07, 6.45) is 4.67. The van der Waals surface area contributed by atoms with E-state index in [0.29, 0.717) is 12.3 Å². The molecule has 2 rings (SSSR count). The number of carbonyl (C=O) groups excluding carboxylic acids is 1. The van der Waals surface area contributed by atoms with Gasteiger partial charge < -0.3 is 10.1 Å². The Morgan fingerprint density at radius 2 is 1.95 bits per heavy atom. The van der Waals surface area contributed by atoms with E-state index < -0.39 is 0 Å². The molecule has 3 nitrogen and oxygen atoms in total. The van der Waals surface area contributed by atoms with Crippen molar-refractivity contribution in [2.75, 3.05) is 19.8 Å². The number of aryl methyl sites for hydroxylation is 1. The molecular weight excluding hydrogens is 238 g/mol. The van der Waals surface area contributed by atoms with Gasteiger partial charge in [-0.25, -0.2) is 0 Å². The quantitative estimate of drug-likeness (QED) is 0.854. The fourth-order valence-corrected chi connectivity index (χ4v) is 2.39. The molecule has 3 heteroatoms. The molecule has 1 aromatic rings. The first-order valence-electron chi connectivity index (χ1n) is 7.23. The molecule has 1 N–H and O–H groups in total. The lowest BCUT2D eigenvalue weighted by Gasteiger charge is -2.22. The lowest BCUT2D eigenvalue weighted by Crippen LogP contribution is -2.32. The number of ether oxygens (including phenoxy) is 1. The van der Waals surface area contributed by atoms with Gasteiger partial charge in [-0.3, -0.25) is 4.79 Å². The fourth-order valence-electron chi connectivity index (χ4n) is 2.39. The van der Waals surface area contributed by atoms with Crippen LogP contribution in [0, 0.1) is 5.92 Å². The third kappa shape index (κ3) is 5.43. The molecule has 1 aliphatic heterocycles. The van der Waals surface area contributed by atoms with Gasteiger partial charge in [0, 0.05) is 26.2 Å². The van der Waals surface area contributed by atoms with E-state index in [1.165, 1.54) is 5.56 Å². The summed E-state index contributed by atoms with van der Waals surface area (Å²) in [4.78, 5) is 11.7. The predicted octanol–water partition coefficient (Wildman–Crippen LogP) is 2.55. The maximum Gasteiger partial charge on any atom is 0.220 e. The van der Waals surface area contributed by atoms with Crippen molar-refractivity contribution in [1.82, 2.24) is 5.32 Å². The topological polar surface area (TPSA) is 38.3 Å². The minimum Gasteiger partial charge on any atom is -0.381 e. The standard InChI is InChI=1S/C16H23NO2/c18-16(17-13-15-9-11-19-12-10-15)8-4-7-14-5-2-1-3-6-14/h1-3,5-6,15H,4,7-13H2,(H,17,18). The highest BCUT2D eigenvalue weighted by molar-refractivity contribution is 5.75. The van der Waals surface area contributed by atoms with Crippen molar-refractivity contribution in [3.8, 4) is 0 Å². The van der Waals surface area contributed by atoms with Crippen molar-refractivity contribution in [2.24, 2.45) is 5.92 Å². The van der Waals surface area contributed by atoms with Crippen LogP contribution in [0.15, 0.2) is 30.3 Å². The van der Waals surface area contributed by atoms with Gasteiger partial charge in [0.15, 0.2) is 0 Å². The van der Waals surface area contributed by atoms with Crippen LogP contribution in [0.25, 0.3) is 0 Å². The van der Waals surface area contributed by atoms with Crippen LogP contribution < -0.4 is 5.32 Å². The molecule has 1 fully saturated rings. The molecule has 0 aliphatic carbocycles. The molecule has 19 heavy (non-hydrogen) atoms. The number of benzene rings is 1. The summed E-state index contributed by atoms with van der Waals surface area (Å²) in [7, 11) is 0. The Kier molecular flexibility index (Phi) is 5.89. The summed E-state index contributed by atoms with van der Waals surface area (Å²) in [5.41, 5.74) is 1.31. The summed E-state index contributed by atoms with van der Waals surface area (Å²) >= 11 is 0. The van der Waals surface area contributed by atoms with Crippen LogP contribution in [0.1, 0.15) is 31.2 Å². The zero-order valence-electron chi connectivity index (χ0n) is 11.4. The summed E-state index contributed by atoms with van der Waals surface area (Å²) in [5.74, 6) is 0.786. The third-order valence-electron chi connectivity index (χ3n) is 3.64. The monoisotopic (exact) mass is 261 g/mol. The SMILES string of the molecule is O=C(CCCc1ccccc1)NCC1CCOCC1. The van der Waals surface area contributed by atoms with Crippen LogP contribution in [-0.4, -0.2) is 25.7 Å². The van der Waals surface area contributed by atoms with Gasteiger partial charge in [0.25, 0.3) is 0 Å². The molecule has 0 spiro atoms. The second-order valence-electron chi connectivity index (χ2n) is 5.20. The first kappa shape index (κ1) is 14.1. The van der Waals surface area contributed by atoms with Gasteiger partial charge in [-0.15, -0.1) is 0 Å². The third-order valence-corrected chi connectivity index (χ3v) is 3.64. The lowest BCUT2D eigenvalue weighted by atomic mass is 10.0. The van der Waals surface area contributed by atoms with E-state index >= 15 is 0 Å². The number of hydrogen-bond donors (Lipinski definition) is 1. The molecule has 0 bridgehead atoms. The van der Waals surface area contributed by atoms with E-state index in [9.17, 15) is 4.79 Å². The van der Waals surface area contributed by atoms with Crippen LogP contribution in [0.3, 0.4) is 0 Å². The number of rotatable bonds is 6. The van der Waals surface area contributed by atoms with Crippen molar-refractivity contribution in [2.45, 2.75) is 32.1 Å². The first-order valence-corrected chi connectivity index (χ1v) is 7.23. The Morgan fingerprint density at radius 1 is 1.21 bits per heavy atom. The fraction of sp³-hybridized carbons (Fsp3) is 0.562. The molecule has 0 unspecified atom stereocenters. The molecule has 0 saturated carbocycles. The van der Waals surface area contributed by atoms with Gasteiger partial charge in [-0.05, 0) is 37.2 Å². The largest absolute Gasteiger partial charge is 0.381 e.